The fourth-order valence-corrected chi connectivity index (χ4v) is 3.12. The van der Waals surface area contributed by atoms with E-state index in [0.29, 0.717) is 17.0 Å². The van der Waals surface area contributed by atoms with Gasteiger partial charge in [0, 0.05) is 23.5 Å². The molecule has 0 amide bonds. The standard InChI is InChI=1S/C19H22N2O8/c1-11-15(18(24)28-8-6-22)17(13-4-3-5-14(10-13)21(26)27)16(12(2)20-11)19(25)29-9-7-23/h3-5,10,17,20,22-23H,6-9H2,1-2H3. The lowest BCUT2D eigenvalue weighted by Crippen LogP contribution is -2.33. The minimum atomic E-state index is -0.992. The molecule has 0 aliphatic carbocycles. The lowest BCUT2D eigenvalue weighted by atomic mass is 9.80. The van der Waals surface area contributed by atoms with E-state index in [-0.39, 0.29) is 43.3 Å². The minimum absolute atomic E-state index is 0.0699. The zero-order valence-electron chi connectivity index (χ0n) is 16.0. The van der Waals surface area contributed by atoms with Gasteiger partial charge >= 0.3 is 11.9 Å². The summed E-state index contributed by atoms with van der Waals surface area (Å²) >= 11 is 0. The van der Waals surface area contributed by atoms with Crippen LogP contribution in [0.3, 0.4) is 0 Å². The smallest absolute Gasteiger partial charge is 0.336 e. The summed E-state index contributed by atoms with van der Waals surface area (Å²) in [6, 6.07) is 5.58. The third-order valence-electron chi connectivity index (χ3n) is 4.26. The summed E-state index contributed by atoms with van der Waals surface area (Å²) in [7, 11) is 0. The Labute approximate surface area is 166 Å². The number of dihydropyridines is 1. The van der Waals surface area contributed by atoms with Crippen LogP contribution in [0.4, 0.5) is 5.69 Å². The highest BCUT2D eigenvalue weighted by atomic mass is 16.6. The van der Waals surface area contributed by atoms with Gasteiger partial charge in [-0.25, -0.2) is 9.59 Å². The molecule has 29 heavy (non-hydrogen) atoms. The van der Waals surface area contributed by atoms with Gasteiger partial charge in [-0.1, -0.05) is 12.1 Å². The molecule has 2 rings (SSSR count). The minimum Gasteiger partial charge on any atom is -0.460 e. The number of nitro benzene ring substituents is 1. The number of nitrogens with zero attached hydrogens (tertiary/aromatic N) is 1. The van der Waals surface area contributed by atoms with Crippen LogP contribution in [0.15, 0.2) is 46.8 Å². The molecule has 1 aromatic carbocycles. The van der Waals surface area contributed by atoms with E-state index in [1.165, 1.54) is 18.2 Å². The van der Waals surface area contributed by atoms with E-state index in [9.17, 15) is 19.7 Å². The van der Waals surface area contributed by atoms with Crippen molar-refractivity contribution in [3.05, 3.63) is 62.5 Å². The van der Waals surface area contributed by atoms with Gasteiger partial charge in [-0.05, 0) is 19.4 Å². The van der Waals surface area contributed by atoms with Gasteiger partial charge < -0.3 is 25.0 Å². The third kappa shape index (κ3) is 4.98. The van der Waals surface area contributed by atoms with Gasteiger partial charge in [0.1, 0.15) is 13.2 Å². The predicted octanol–water partition coefficient (Wildman–Crippen LogP) is 0.901. The number of allylic oxidation sites excluding steroid dienone is 2. The molecule has 156 valence electrons. The van der Waals surface area contributed by atoms with Gasteiger partial charge in [0.2, 0.25) is 0 Å². The average molecular weight is 406 g/mol. The van der Waals surface area contributed by atoms with Crippen LogP contribution in [0.1, 0.15) is 25.3 Å². The molecule has 1 aromatic rings. The number of hydrogen-bond donors (Lipinski definition) is 3. The number of aliphatic hydroxyl groups excluding tert-OH is 2. The number of nitrogens with one attached hydrogen (secondary N) is 1. The lowest BCUT2D eigenvalue weighted by Gasteiger charge is -2.30. The summed E-state index contributed by atoms with van der Waals surface area (Å²) in [5.41, 5.74) is 1.07. The molecule has 0 saturated carbocycles. The quantitative estimate of drug-likeness (QED) is 0.325. The Balaban J connectivity index is 2.62. The van der Waals surface area contributed by atoms with Crippen molar-refractivity contribution in [2.24, 2.45) is 0 Å². The van der Waals surface area contributed by atoms with Crippen LogP contribution in [0.2, 0.25) is 0 Å². The molecule has 0 bridgehead atoms. The first-order valence-corrected chi connectivity index (χ1v) is 8.80. The molecule has 1 aliphatic heterocycles. The Hall–Kier alpha value is -3.24. The first-order valence-electron chi connectivity index (χ1n) is 8.80. The van der Waals surface area contributed by atoms with Crippen molar-refractivity contribution in [3.63, 3.8) is 0 Å². The van der Waals surface area contributed by atoms with Crippen molar-refractivity contribution in [1.82, 2.24) is 5.32 Å². The predicted molar refractivity (Wildman–Crippen MR) is 100 cm³/mol. The fourth-order valence-electron chi connectivity index (χ4n) is 3.12. The molecule has 1 aliphatic rings. The highest BCUT2D eigenvalue weighted by Gasteiger charge is 2.38. The van der Waals surface area contributed by atoms with Crippen LogP contribution < -0.4 is 5.32 Å². The maximum Gasteiger partial charge on any atom is 0.336 e. The monoisotopic (exact) mass is 406 g/mol. The molecule has 10 nitrogen and oxygen atoms in total. The molecule has 0 aromatic heterocycles. The third-order valence-corrected chi connectivity index (χ3v) is 4.26. The van der Waals surface area contributed by atoms with Crippen LogP contribution >= 0.6 is 0 Å². The van der Waals surface area contributed by atoms with E-state index in [0.717, 1.165) is 0 Å². The number of esters is 2. The molecule has 0 unspecified atom stereocenters. The van der Waals surface area contributed by atoms with Crippen molar-refractivity contribution < 1.29 is 34.2 Å². The van der Waals surface area contributed by atoms with Crippen LogP contribution in [0.25, 0.3) is 0 Å². The van der Waals surface area contributed by atoms with Crippen molar-refractivity contribution in [1.29, 1.82) is 0 Å². The highest BCUT2D eigenvalue weighted by Crippen LogP contribution is 2.40. The molecule has 0 atom stereocenters. The molecule has 0 fully saturated rings. The van der Waals surface area contributed by atoms with Crippen LogP contribution in [-0.4, -0.2) is 53.5 Å². The number of carbonyl (C=O) groups excluding carboxylic acids is 2. The van der Waals surface area contributed by atoms with E-state index >= 15 is 0 Å². The van der Waals surface area contributed by atoms with E-state index in [2.05, 4.69) is 5.32 Å². The number of carbonyl (C=O) groups is 2. The summed E-state index contributed by atoms with van der Waals surface area (Å²) in [6.07, 6.45) is 0. The van der Waals surface area contributed by atoms with Gasteiger partial charge in [0.05, 0.1) is 35.2 Å². The maximum atomic E-state index is 12.7. The topological polar surface area (TPSA) is 148 Å². The van der Waals surface area contributed by atoms with Gasteiger partial charge in [0.25, 0.3) is 5.69 Å². The van der Waals surface area contributed by atoms with Crippen molar-refractivity contribution in [2.75, 3.05) is 26.4 Å². The summed E-state index contributed by atoms with van der Waals surface area (Å²) in [5.74, 6) is -2.55. The molecule has 0 spiro atoms. The van der Waals surface area contributed by atoms with Gasteiger partial charge in [-0.15, -0.1) is 0 Å². The normalized spacial score (nSPS) is 14.5. The zero-order valence-corrected chi connectivity index (χ0v) is 16.0. The molecule has 3 N–H and O–H groups in total. The SMILES string of the molecule is CC1=C(C(=O)OCCO)C(c2cccc([N+](=O)[O-])c2)C(C(=O)OCCO)=C(C)N1. The Bertz CT molecular complexity index is 833. The Morgan fingerprint density at radius 1 is 1.07 bits per heavy atom. The highest BCUT2D eigenvalue weighted by molar-refractivity contribution is 5.99. The summed E-state index contributed by atoms with van der Waals surface area (Å²) in [5, 5.41) is 32.0. The van der Waals surface area contributed by atoms with Crippen molar-refractivity contribution in [2.45, 2.75) is 19.8 Å². The Morgan fingerprint density at radius 2 is 1.59 bits per heavy atom. The fraction of sp³-hybridized carbons (Fsp3) is 0.368. The summed E-state index contributed by atoms with van der Waals surface area (Å²) < 4.78 is 10.1. The molecule has 1 heterocycles. The number of aliphatic hydroxyl groups is 2. The number of nitro groups is 1. The Morgan fingerprint density at radius 3 is 2.03 bits per heavy atom. The largest absolute Gasteiger partial charge is 0.460 e. The van der Waals surface area contributed by atoms with E-state index < -0.39 is 22.8 Å². The molecule has 0 radical (unpaired) electrons. The second-order valence-electron chi connectivity index (χ2n) is 6.21. The van der Waals surface area contributed by atoms with Gasteiger partial charge in [-0.2, -0.15) is 0 Å². The van der Waals surface area contributed by atoms with Crippen LogP contribution in [-0.2, 0) is 19.1 Å². The van der Waals surface area contributed by atoms with Gasteiger partial charge in [0.15, 0.2) is 0 Å². The molecular formula is C19H22N2O8. The number of rotatable bonds is 8. The maximum absolute atomic E-state index is 12.7. The first kappa shape index (κ1) is 22.1. The average Bonchev–Trinajstić information content (AvgIpc) is 2.69. The van der Waals surface area contributed by atoms with Crippen molar-refractivity contribution in [3.8, 4) is 0 Å². The summed E-state index contributed by atoms with van der Waals surface area (Å²) in [4.78, 5) is 36.0. The van der Waals surface area contributed by atoms with Crippen molar-refractivity contribution >= 4 is 17.6 Å². The van der Waals surface area contributed by atoms with E-state index in [1.54, 1.807) is 19.9 Å². The molecule has 0 saturated heterocycles. The van der Waals surface area contributed by atoms with E-state index in [4.69, 9.17) is 19.7 Å². The van der Waals surface area contributed by atoms with E-state index in [1.807, 2.05) is 0 Å². The number of non-ortho nitro benzene ring substituents is 1. The summed E-state index contributed by atoms with van der Waals surface area (Å²) in [6.45, 7) is 1.97. The van der Waals surface area contributed by atoms with Crippen LogP contribution in [0, 0.1) is 10.1 Å². The van der Waals surface area contributed by atoms with Gasteiger partial charge in [-0.3, -0.25) is 10.1 Å². The molecular weight excluding hydrogens is 384 g/mol. The first-order chi connectivity index (χ1) is 13.8. The number of hydrogen-bond acceptors (Lipinski definition) is 9. The number of ether oxygens (including phenoxy) is 2. The molecule has 10 heteroatoms. The Kier molecular flexibility index (Phi) is 7.46. The van der Waals surface area contributed by atoms with Crippen LogP contribution in [0.5, 0.6) is 0 Å². The second-order valence-corrected chi connectivity index (χ2v) is 6.21. The number of benzene rings is 1. The zero-order chi connectivity index (χ0) is 21.6. The second kappa shape index (κ2) is 9.80. The lowest BCUT2D eigenvalue weighted by molar-refractivity contribution is -0.384.